The molecular formula is C20H29N5O2S. The number of aryl methyl sites for hydroxylation is 1. The van der Waals surface area contributed by atoms with Gasteiger partial charge in [-0.25, -0.2) is 4.68 Å². The number of hydrogen-bond acceptors (Lipinski definition) is 6. The van der Waals surface area contributed by atoms with Crippen LogP contribution in [0.1, 0.15) is 51.3 Å². The van der Waals surface area contributed by atoms with Gasteiger partial charge in [0.2, 0.25) is 11.1 Å². The van der Waals surface area contributed by atoms with Crippen molar-refractivity contribution in [3.63, 3.8) is 0 Å². The minimum absolute atomic E-state index is 0.138. The first-order chi connectivity index (χ1) is 13.6. The predicted molar refractivity (Wildman–Crippen MR) is 112 cm³/mol. The van der Waals surface area contributed by atoms with Crippen LogP contribution in [0.15, 0.2) is 29.4 Å². The molecule has 0 spiro atoms. The van der Waals surface area contributed by atoms with E-state index < -0.39 is 0 Å². The van der Waals surface area contributed by atoms with Crippen LogP contribution in [-0.4, -0.2) is 33.1 Å². The molecule has 1 aliphatic carbocycles. The fourth-order valence-electron chi connectivity index (χ4n) is 3.56. The summed E-state index contributed by atoms with van der Waals surface area (Å²) in [5, 5.41) is 11.5. The normalized spacial score (nSPS) is 15.9. The lowest BCUT2D eigenvalue weighted by molar-refractivity contribution is -0.115. The van der Waals surface area contributed by atoms with Gasteiger partial charge >= 0.3 is 0 Å². The number of carbonyl (C=O) groups excluding carboxylic acids is 1. The van der Waals surface area contributed by atoms with Crippen LogP contribution in [-0.2, 0) is 11.2 Å². The molecule has 0 radical (unpaired) electrons. The number of nitrogen functional groups attached to an aromatic ring is 1. The maximum atomic E-state index is 12.5. The second kappa shape index (κ2) is 9.82. The van der Waals surface area contributed by atoms with Gasteiger partial charge in [0.1, 0.15) is 5.75 Å². The summed E-state index contributed by atoms with van der Waals surface area (Å²) < 4.78 is 6.80. The maximum Gasteiger partial charge on any atom is 0.237 e. The van der Waals surface area contributed by atoms with E-state index in [0.717, 1.165) is 24.6 Å². The van der Waals surface area contributed by atoms with E-state index in [9.17, 15) is 4.79 Å². The molecule has 0 saturated heterocycles. The van der Waals surface area contributed by atoms with Crippen molar-refractivity contribution in [1.82, 2.24) is 14.9 Å². The number of benzene rings is 1. The monoisotopic (exact) mass is 403 g/mol. The molecule has 2 aromatic rings. The lowest BCUT2D eigenvalue weighted by atomic mass is 9.86. The summed E-state index contributed by atoms with van der Waals surface area (Å²) in [5.74, 6) is 8.23. The van der Waals surface area contributed by atoms with Crippen LogP contribution in [0.4, 0.5) is 5.69 Å². The quantitative estimate of drug-likeness (QED) is 0.516. The Morgan fingerprint density at radius 3 is 2.82 bits per heavy atom. The molecule has 1 atom stereocenters. The van der Waals surface area contributed by atoms with E-state index in [0.29, 0.717) is 16.6 Å². The fourth-order valence-corrected chi connectivity index (χ4v) is 4.35. The zero-order valence-corrected chi connectivity index (χ0v) is 17.4. The number of anilines is 1. The first-order valence-electron chi connectivity index (χ1n) is 9.88. The second-order valence-corrected chi connectivity index (χ2v) is 8.57. The molecule has 0 bridgehead atoms. The van der Waals surface area contributed by atoms with Gasteiger partial charge in [0.25, 0.3) is 0 Å². The van der Waals surface area contributed by atoms with E-state index in [1.165, 1.54) is 48.5 Å². The summed E-state index contributed by atoms with van der Waals surface area (Å²) in [7, 11) is 1.58. The molecule has 1 aliphatic rings. The standard InChI is InChI=1S/C20H29N5O2S/c1-14(19(26)22-16-10-6-7-11-17(16)27-2)28-20-24-23-18(25(20)21)13-12-15-8-4-3-5-9-15/h6-7,10-11,14-15H,3-5,8-9,12-13,21H2,1-2H3,(H,22,26)/t14-/m0/s1. The molecule has 1 heterocycles. The second-order valence-electron chi connectivity index (χ2n) is 7.26. The first kappa shape index (κ1) is 20.5. The van der Waals surface area contributed by atoms with Gasteiger partial charge in [-0.1, -0.05) is 56.0 Å². The lowest BCUT2D eigenvalue weighted by Gasteiger charge is -2.20. The Balaban J connectivity index is 1.55. The van der Waals surface area contributed by atoms with E-state index in [4.69, 9.17) is 10.6 Å². The maximum absolute atomic E-state index is 12.5. The number of nitrogens with zero attached hydrogens (tertiary/aromatic N) is 3. The molecule has 1 aromatic carbocycles. The third kappa shape index (κ3) is 5.19. The van der Waals surface area contributed by atoms with Gasteiger partial charge in [-0.3, -0.25) is 4.79 Å². The Bertz CT molecular complexity index is 789. The number of hydrogen-bond donors (Lipinski definition) is 2. The van der Waals surface area contributed by atoms with Gasteiger partial charge in [0.05, 0.1) is 18.0 Å². The number of nitrogens with one attached hydrogen (secondary N) is 1. The van der Waals surface area contributed by atoms with Crippen LogP contribution in [0.2, 0.25) is 0 Å². The van der Waals surface area contributed by atoms with Crippen molar-refractivity contribution in [2.45, 2.75) is 62.3 Å². The van der Waals surface area contributed by atoms with Crippen LogP contribution in [0.25, 0.3) is 0 Å². The van der Waals surface area contributed by atoms with Crippen LogP contribution in [0.5, 0.6) is 5.75 Å². The Labute approximate surface area is 170 Å². The van der Waals surface area contributed by atoms with E-state index in [1.54, 1.807) is 7.11 Å². The summed E-state index contributed by atoms with van der Waals surface area (Å²) in [6.07, 6.45) is 8.57. The van der Waals surface area contributed by atoms with Gasteiger partial charge in [-0.2, -0.15) is 0 Å². The van der Waals surface area contributed by atoms with Gasteiger partial charge in [-0.15, -0.1) is 10.2 Å². The van der Waals surface area contributed by atoms with Crippen molar-refractivity contribution in [1.29, 1.82) is 0 Å². The molecule has 1 amide bonds. The molecule has 1 fully saturated rings. The molecule has 7 nitrogen and oxygen atoms in total. The zero-order valence-electron chi connectivity index (χ0n) is 16.6. The third-order valence-electron chi connectivity index (χ3n) is 5.25. The highest BCUT2D eigenvalue weighted by molar-refractivity contribution is 8.00. The Morgan fingerprint density at radius 1 is 1.32 bits per heavy atom. The highest BCUT2D eigenvalue weighted by Crippen LogP contribution is 2.29. The molecular weight excluding hydrogens is 374 g/mol. The molecule has 1 saturated carbocycles. The summed E-state index contributed by atoms with van der Waals surface area (Å²) in [6, 6.07) is 7.33. The lowest BCUT2D eigenvalue weighted by Crippen LogP contribution is -2.24. The highest BCUT2D eigenvalue weighted by Gasteiger charge is 2.21. The number of amides is 1. The van der Waals surface area contributed by atoms with Crippen molar-refractivity contribution >= 4 is 23.4 Å². The van der Waals surface area contributed by atoms with Crippen molar-refractivity contribution in [2.24, 2.45) is 5.92 Å². The Hall–Kier alpha value is -2.22. The molecule has 3 rings (SSSR count). The smallest absolute Gasteiger partial charge is 0.237 e. The average molecular weight is 404 g/mol. The third-order valence-corrected chi connectivity index (χ3v) is 6.31. The van der Waals surface area contributed by atoms with Crippen LogP contribution in [0, 0.1) is 5.92 Å². The summed E-state index contributed by atoms with van der Waals surface area (Å²) >= 11 is 1.30. The summed E-state index contributed by atoms with van der Waals surface area (Å²) in [5.41, 5.74) is 0.643. The Morgan fingerprint density at radius 2 is 2.07 bits per heavy atom. The SMILES string of the molecule is COc1ccccc1NC(=O)[C@H](C)Sc1nnc(CCC2CCCCC2)n1N. The molecule has 1 aromatic heterocycles. The number of nitrogens with two attached hydrogens (primary N) is 1. The van der Waals surface area contributed by atoms with Crippen molar-refractivity contribution < 1.29 is 9.53 Å². The van der Waals surface area contributed by atoms with Gasteiger partial charge in [0, 0.05) is 6.42 Å². The van der Waals surface area contributed by atoms with Crippen LogP contribution >= 0.6 is 11.8 Å². The van der Waals surface area contributed by atoms with Crippen molar-refractivity contribution in [3.8, 4) is 5.75 Å². The predicted octanol–water partition coefficient (Wildman–Crippen LogP) is 3.63. The van der Waals surface area contributed by atoms with Crippen molar-refractivity contribution in [2.75, 3.05) is 18.3 Å². The number of ether oxygens (including phenoxy) is 1. The fraction of sp³-hybridized carbons (Fsp3) is 0.550. The number of thioether (sulfide) groups is 1. The van der Waals surface area contributed by atoms with E-state index >= 15 is 0 Å². The minimum atomic E-state index is -0.373. The molecule has 0 unspecified atom stereocenters. The summed E-state index contributed by atoms with van der Waals surface area (Å²) in [6.45, 7) is 1.83. The molecule has 8 heteroatoms. The molecule has 3 N–H and O–H groups in total. The number of rotatable bonds is 8. The van der Waals surface area contributed by atoms with Gasteiger partial charge in [0.15, 0.2) is 5.82 Å². The first-order valence-corrected chi connectivity index (χ1v) is 10.8. The van der Waals surface area contributed by atoms with Gasteiger partial charge in [-0.05, 0) is 31.4 Å². The summed E-state index contributed by atoms with van der Waals surface area (Å²) in [4.78, 5) is 12.5. The van der Waals surface area contributed by atoms with E-state index in [-0.39, 0.29) is 11.2 Å². The average Bonchev–Trinajstić information content (AvgIpc) is 3.07. The Kier molecular flexibility index (Phi) is 7.19. The number of aromatic nitrogens is 3. The molecule has 152 valence electrons. The number of carbonyl (C=O) groups is 1. The highest BCUT2D eigenvalue weighted by atomic mass is 32.2. The largest absolute Gasteiger partial charge is 0.495 e. The van der Waals surface area contributed by atoms with Crippen LogP contribution in [0.3, 0.4) is 0 Å². The van der Waals surface area contributed by atoms with E-state index in [1.807, 2.05) is 31.2 Å². The zero-order chi connectivity index (χ0) is 19.9. The van der Waals surface area contributed by atoms with Crippen LogP contribution < -0.4 is 15.9 Å². The topological polar surface area (TPSA) is 95.1 Å². The van der Waals surface area contributed by atoms with Crippen molar-refractivity contribution in [3.05, 3.63) is 30.1 Å². The van der Waals surface area contributed by atoms with Gasteiger partial charge < -0.3 is 15.9 Å². The molecule has 0 aliphatic heterocycles. The number of methoxy groups -OCH3 is 1. The number of para-hydroxylation sites is 2. The minimum Gasteiger partial charge on any atom is -0.495 e. The molecule has 28 heavy (non-hydrogen) atoms. The van der Waals surface area contributed by atoms with E-state index in [2.05, 4.69) is 15.5 Å².